The van der Waals surface area contributed by atoms with Gasteiger partial charge in [0.1, 0.15) is 5.78 Å². The Labute approximate surface area is 80.7 Å². The Balaban J connectivity index is 2.91. The molecule has 78 valence electrons. The molecule has 0 aromatic heterocycles. The van der Waals surface area contributed by atoms with Crippen molar-refractivity contribution in [3.8, 4) is 0 Å². The number of ketones is 1. The van der Waals surface area contributed by atoms with E-state index >= 15 is 0 Å². The molecule has 0 aromatic carbocycles. The maximum Gasteiger partial charge on any atom is 0.307 e. The predicted octanol–water partition coefficient (Wildman–Crippen LogP) is 0.387. The number of aliphatic carboxylic acids is 2. The van der Waals surface area contributed by atoms with Gasteiger partial charge in [0.25, 0.3) is 0 Å². The summed E-state index contributed by atoms with van der Waals surface area (Å²) in [5.74, 6) is -4.89. The van der Waals surface area contributed by atoms with Crippen LogP contribution in [-0.2, 0) is 14.4 Å². The lowest BCUT2D eigenvalue weighted by Crippen LogP contribution is -2.40. The molecular formula is C9H12O5. The first kappa shape index (κ1) is 10.7. The normalized spacial score (nSPS) is 32.6. The van der Waals surface area contributed by atoms with Crippen molar-refractivity contribution in [3.63, 3.8) is 0 Å². The molecule has 1 aliphatic rings. The van der Waals surface area contributed by atoms with Gasteiger partial charge in [0.05, 0.1) is 11.8 Å². The van der Waals surface area contributed by atoms with Gasteiger partial charge in [-0.25, -0.2) is 0 Å². The fourth-order valence-corrected chi connectivity index (χ4v) is 1.99. The van der Waals surface area contributed by atoms with Gasteiger partial charge in [0, 0.05) is 12.8 Å². The molecule has 3 atom stereocenters. The Morgan fingerprint density at radius 1 is 1.21 bits per heavy atom. The number of hydrogen-bond acceptors (Lipinski definition) is 3. The molecule has 0 radical (unpaired) electrons. The Hall–Kier alpha value is -1.39. The van der Waals surface area contributed by atoms with Crippen molar-refractivity contribution in [2.75, 3.05) is 0 Å². The van der Waals surface area contributed by atoms with Crippen LogP contribution in [0.25, 0.3) is 0 Å². The van der Waals surface area contributed by atoms with Crippen LogP contribution < -0.4 is 0 Å². The van der Waals surface area contributed by atoms with Crippen molar-refractivity contribution in [2.24, 2.45) is 17.8 Å². The van der Waals surface area contributed by atoms with E-state index in [1.807, 2.05) is 0 Å². The number of carbonyl (C=O) groups is 3. The molecular weight excluding hydrogens is 188 g/mol. The van der Waals surface area contributed by atoms with Gasteiger partial charge in [-0.1, -0.05) is 6.92 Å². The van der Waals surface area contributed by atoms with Crippen molar-refractivity contribution < 1.29 is 24.6 Å². The highest BCUT2D eigenvalue weighted by atomic mass is 16.4. The van der Waals surface area contributed by atoms with Crippen LogP contribution in [0.15, 0.2) is 0 Å². The summed E-state index contributed by atoms with van der Waals surface area (Å²) < 4.78 is 0. The van der Waals surface area contributed by atoms with Gasteiger partial charge in [-0.15, -0.1) is 0 Å². The highest BCUT2D eigenvalue weighted by molar-refractivity contribution is 5.89. The van der Waals surface area contributed by atoms with Crippen LogP contribution in [-0.4, -0.2) is 27.9 Å². The number of rotatable bonds is 2. The second-order valence-electron chi connectivity index (χ2n) is 3.73. The van der Waals surface area contributed by atoms with Crippen LogP contribution in [0.2, 0.25) is 0 Å². The monoisotopic (exact) mass is 200 g/mol. The first-order valence-corrected chi connectivity index (χ1v) is 4.40. The van der Waals surface area contributed by atoms with Crippen LogP contribution in [0.5, 0.6) is 0 Å². The Morgan fingerprint density at radius 3 is 2.21 bits per heavy atom. The van der Waals surface area contributed by atoms with Crippen LogP contribution >= 0.6 is 0 Å². The molecule has 0 heterocycles. The molecule has 0 unspecified atom stereocenters. The average Bonchev–Trinajstić information content (AvgIpc) is 2.01. The third-order valence-electron chi connectivity index (χ3n) is 2.65. The van der Waals surface area contributed by atoms with E-state index in [0.29, 0.717) is 0 Å². The molecule has 1 rings (SSSR count). The van der Waals surface area contributed by atoms with Crippen molar-refractivity contribution in [2.45, 2.75) is 19.8 Å². The Morgan fingerprint density at radius 2 is 1.79 bits per heavy atom. The lowest BCUT2D eigenvalue weighted by atomic mass is 9.72. The minimum Gasteiger partial charge on any atom is -0.481 e. The van der Waals surface area contributed by atoms with Crippen molar-refractivity contribution in [3.05, 3.63) is 0 Å². The summed E-state index contributed by atoms with van der Waals surface area (Å²) in [5, 5.41) is 17.6. The quantitative estimate of drug-likeness (QED) is 0.672. The second kappa shape index (κ2) is 3.77. The minimum atomic E-state index is -1.20. The molecule has 1 saturated carbocycles. The van der Waals surface area contributed by atoms with E-state index in [9.17, 15) is 14.4 Å². The van der Waals surface area contributed by atoms with Crippen LogP contribution in [0.1, 0.15) is 19.8 Å². The summed E-state index contributed by atoms with van der Waals surface area (Å²) in [7, 11) is 0. The van der Waals surface area contributed by atoms with E-state index in [0.717, 1.165) is 0 Å². The van der Waals surface area contributed by atoms with Crippen molar-refractivity contribution in [1.29, 1.82) is 0 Å². The first-order valence-electron chi connectivity index (χ1n) is 4.40. The average molecular weight is 200 g/mol. The van der Waals surface area contributed by atoms with Crippen LogP contribution in [0.4, 0.5) is 0 Å². The fourth-order valence-electron chi connectivity index (χ4n) is 1.99. The number of Topliss-reactive ketones (excluding diaryl/α,β-unsaturated/α-hetero) is 1. The third-order valence-corrected chi connectivity index (χ3v) is 2.65. The van der Waals surface area contributed by atoms with Gasteiger partial charge < -0.3 is 10.2 Å². The SMILES string of the molecule is C[C@H]1CC(=O)C[C@H](C(=O)O)[C@@H]1C(=O)O. The first-order chi connectivity index (χ1) is 6.43. The zero-order valence-corrected chi connectivity index (χ0v) is 7.77. The molecule has 0 spiro atoms. The predicted molar refractivity (Wildman–Crippen MR) is 45.7 cm³/mol. The summed E-state index contributed by atoms with van der Waals surface area (Å²) in [4.78, 5) is 32.7. The van der Waals surface area contributed by atoms with Crippen LogP contribution in [0.3, 0.4) is 0 Å². The van der Waals surface area contributed by atoms with Gasteiger partial charge in [-0.05, 0) is 5.92 Å². The van der Waals surface area contributed by atoms with Crippen LogP contribution in [0, 0.1) is 17.8 Å². The topological polar surface area (TPSA) is 91.7 Å². The largest absolute Gasteiger partial charge is 0.481 e. The molecule has 0 saturated heterocycles. The van der Waals surface area contributed by atoms with Crippen molar-refractivity contribution in [1.82, 2.24) is 0 Å². The lowest BCUT2D eigenvalue weighted by Gasteiger charge is -2.29. The number of hydrogen-bond donors (Lipinski definition) is 2. The fraction of sp³-hybridized carbons (Fsp3) is 0.667. The summed E-state index contributed by atoms with van der Waals surface area (Å²) in [6.45, 7) is 1.60. The van der Waals surface area contributed by atoms with Gasteiger partial charge >= 0.3 is 11.9 Å². The number of carboxylic acid groups (broad SMARTS) is 2. The summed E-state index contributed by atoms with van der Waals surface area (Å²) in [5.41, 5.74) is 0. The molecule has 2 N–H and O–H groups in total. The minimum absolute atomic E-state index is 0.156. The molecule has 0 bridgehead atoms. The standard InChI is InChI=1S/C9H12O5/c1-4-2-5(10)3-6(8(11)12)7(4)9(13)14/h4,6-7H,2-3H2,1H3,(H,11,12)(H,13,14)/t4-,6-,7+/m0/s1. The Bertz CT molecular complexity index is 283. The maximum absolute atomic E-state index is 11.1. The molecule has 1 aliphatic carbocycles. The smallest absolute Gasteiger partial charge is 0.307 e. The molecule has 0 aliphatic heterocycles. The van der Waals surface area contributed by atoms with Gasteiger partial charge in [0.15, 0.2) is 0 Å². The van der Waals surface area contributed by atoms with E-state index in [-0.39, 0.29) is 18.6 Å². The molecule has 5 nitrogen and oxygen atoms in total. The lowest BCUT2D eigenvalue weighted by molar-refractivity contribution is -0.159. The summed E-state index contributed by atoms with van der Waals surface area (Å²) >= 11 is 0. The molecule has 0 amide bonds. The van der Waals surface area contributed by atoms with E-state index < -0.39 is 29.7 Å². The maximum atomic E-state index is 11.1. The highest BCUT2D eigenvalue weighted by Gasteiger charge is 2.43. The Kier molecular flexibility index (Phi) is 2.88. The number of carboxylic acids is 2. The second-order valence-corrected chi connectivity index (χ2v) is 3.73. The van der Waals surface area contributed by atoms with E-state index in [4.69, 9.17) is 10.2 Å². The zero-order chi connectivity index (χ0) is 10.9. The zero-order valence-electron chi connectivity index (χ0n) is 7.77. The number of carbonyl (C=O) groups excluding carboxylic acids is 1. The van der Waals surface area contributed by atoms with Gasteiger partial charge in [-0.2, -0.15) is 0 Å². The van der Waals surface area contributed by atoms with E-state index in [2.05, 4.69) is 0 Å². The summed E-state index contributed by atoms with van der Waals surface area (Å²) in [6, 6.07) is 0. The third kappa shape index (κ3) is 1.92. The molecule has 14 heavy (non-hydrogen) atoms. The van der Waals surface area contributed by atoms with E-state index in [1.165, 1.54) is 0 Å². The molecule has 0 aromatic rings. The van der Waals surface area contributed by atoms with E-state index in [1.54, 1.807) is 6.92 Å². The summed E-state index contributed by atoms with van der Waals surface area (Å²) in [6.07, 6.45) is 0.0113. The highest BCUT2D eigenvalue weighted by Crippen LogP contribution is 2.33. The molecule has 1 fully saturated rings. The van der Waals surface area contributed by atoms with Gasteiger partial charge in [-0.3, -0.25) is 14.4 Å². The molecule has 5 heteroatoms. The van der Waals surface area contributed by atoms with Crippen molar-refractivity contribution >= 4 is 17.7 Å². The van der Waals surface area contributed by atoms with Gasteiger partial charge in [0.2, 0.25) is 0 Å².